The van der Waals surface area contributed by atoms with Crippen LogP contribution in [0.1, 0.15) is 24.7 Å². The molecule has 0 saturated heterocycles. The van der Waals surface area contributed by atoms with Crippen molar-refractivity contribution >= 4 is 22.8 Å². The summed E-state index contributed by atoms with van der Waals surface area (Å²) in [6.45, 7) is 1.97. The second-order valence-electron chi connectivity index (χ2n) is 6.18. The summed E-state index contributed by atoms with van der Waals surface area (Å²) in [5.74, 6) is 1.03. The molecule has 2 aromatic carbocycles. The number of fused-ring (bicyclic) bond motifs is 1. The van der Waals surface area contributed by atoms with Crippen LogP contribution in [0.4, 0.5) is 5.69 Å². The quantitative estimate of drug-likeness (QED) is 0.345. The normalized spacial score (nSPS) is 11.1. The van der Waals surface area contributed by atoms with E-state index < -0.39 is 4.92 Å². The Kier molecular flexibility index (Phi) is 5.87. The van der Waals surface area contributed by atoms with Gasteiger partial charge in [0.15, 0.2) is 11.5 Å². The van der Waals surface area contributed by atoms with Gasteiger partial charge in [-0.3, -0.25) is 14.9 Å². The van der Waals surface area contributed by atoms with Crippen molar-refractivity contribution in [2.45, 2.75) is 19.8 Å². The number of hydrogen-bond acceptors (Lipinski definition) is 7. The fourth-order valence-electron chi connectivity index (χ4n) is 2.94. The first-order valence-corrected chi connectivity index (χ1v) is 8.95. The van der Waals surface area contributed by atoms with Gasteiger partial charge in [-0.15, -0.1) is 0 Å². The molecule has 1 aromatic heterocycles. The Morgan fingerprint density at radius 1 is 1.21 bits per heavy atom. The third-order valence-corrected chi connectivity index (χ3v) is 4.34. The summed E-state index contributed by atoms with van der Waals surface area (Å²) in [5, 5.41) is 16.1. The van der Waals surface area contributed by atoms with Crippen molar-refractivity contribution in [3.63, 3.8) is 0 Å². The van der Waals surface area contributed by atoms with Crippen LogP contribution in [0.2, 0.25) is 0 Å². The number of rotatable bonds is 7. The van der Waals surface area contributed by atoms with Crippen LogP contribution in [-0.2, 0) is 6.42 Å². The largest absolute Gasteiger partial charge is 0.493 e. The monoisotopic (exact) mass is 396 g/mol. The fourth-order valence-corrected chi connectivity index (χ4v) is 2.94. The van der Waals surface area contributed by atoms with Gasteiger partial charge in [0.25, 0.3) is 11.2 Å². The van der Waals surface area contributed by atoms with Crippen molar-refractivity contribution < 1.29 is 14.4 Å². The van der Waals surface area contributed by atoms with Crippen molar-refractivity contribution in [1.29, 1.82) is 0 Å². The number of hydrogen-bond donors (Lipinski definition) is 0. The maximum absolute atomic E-state index is 12.9. The molecule has 0 amide bonds. The summed E-state index contributed by atoms with van der Waals surface area (Å²) in [7, 11) is 2.83. The molecule has 0 N–H and O–H groups in total. The maximum atomic E-state index is 12.9. The Labute approximate surface area is 166 Å². The fraction of sp³-hybridized carbons (Fsp3) is 0.250. The van der Waals surface area contributed by atoms with E-state index in [-0.39, 0.29) is 22.6 Å². The Morgan fingerprint density at radius 2 is 1.90 bits per heavy atom. The number of benzene rings is 2. The van der Waals surface area contributed by atoms with Crippen LogP contribution >= 0.6 is 0 Å². The highest BCUT2D eigenvalue weighted by atomic mass is 16.6. The van der Waals surface area contributed by atoms with E-state index in [0.717, 1.165) is 6.42 Å². The lowest BCUT2D eigenvalue weighted by molar-refractivity contribution is -0.385. The predicted octanol–water partition coefficient (Wildman–Crippen LogP) is 3.16. The molecule has 29 heavy (non-hydrogen) atoms. The first-order valence-electron chi connectivity index (χ1n) is 8.95. The van der Waals surface area contributed by atoms with Gasteiger partial charge in [0.1, 0.15) is 5.82 Å². The number of nitrogens with zero attached hydrogens (tertiary/aromatic N) is 4. The average Bonchev–Trinajstić information content (AvgIpc) is 2.73. The summed E-state index contributed by atoms with van der Waals surface area (Å²) < 4.78 is 11.5. The Balaban J connectivity index is 2.18. The smallest absolute Gasteiger partial charge is 0.282 e. The van der Waals surface area contributed by atoms with Crippen LogP contribution < -0.4 is 15.0 Å². The van der Waals surface area contributed by atoms with Gasteiger partial charge in [0.05, 0.1) is 47.9 Å². The van der Waals surface area contributed by atoms with E-state index in [1.165, 1.54) is 37.2 Å². The molecule has 0 unspecified atom stereocenters. The zero-order valence-corrected chi connectivity index (χ0v) is 16.3. The minimum absolute atomic E-state index is 0.176. The SMILES string of the molecule is CCCc1nc2ccccc2c(=O)n1/N=C/c1cc(OC)c(OC)cc1[N+](=O)[O-]. The van der Waals surface area contributed by atoms with E-state index in [9.17, 15) is 14.9 Å². The van der Waals surface area contributed by atoms with Gasteiger partial charge in [-0.2, -0.15) is 9.78 Å². The van der Waals surface area contributed by atoms with Crippen LogP contribution in [0.25, 0.3) is 10.9 Å². The minimum Gasteiger partial charge on any atom is -0.493 e. The van der Waals surface area contributed by atoms with Gasteiger partial charge in [0, 0.05) is 6.42 Å². The molecule has 1 heterocycles. The molecule has 0 spiro atoms. The van der Waals surface area contributed by atoms with Gasteiger partial charge in [0.2, 0.25) is 0 Å². The average molecular weight is 396 g/mol. The van der Waals surface area contributed by atoms with Crippen molar-refractivity contribution in [2.24, 2.45) is 5.10 Å². The van der Waals surface area contributed by atoms with Crippen LogP contribution in [0.5, 0.6) is 11.5 Å². The molecule has 0 bridgehead atoms. The van der Waals surface area contributed by atoms with Gasteiger partial charge in [-0.1, -0.05) is 19.1 Å². The topological polar surface area (TPSA) is 109 Å². The van der Waals surface area contributed by atoms with E-state index in [1.54, 1.807) is 18.2 Å². The molecule has 0 aliphatic heterocycles. The predicted molar refractivity (Wildman–Crippen MR) is 109 cm³/mol. The van der Waals surface area contributed by atoms with Gasteiger partial charge >= 0.3 is 0 Å². The lowest BCUT2D eigenvalue weighted by atomic mass is 10.1. The van der Waals surface area contributed by atoms with E-state index in [1.807, 2.05) is 13.0 Å². The lowest BCUT2D eigenvalue weighted by Gasteiger charge is -2.10. The van der Waals surface area contributed by atoms with E-state index in [2.05, 4.69) is 10.1 Å². The highest BCUT2D eigenvalue weighted by Gasteiger charge is 2.19. The van der Waals surface area contributed by atoms with Crippen LogP contribution in [0.15, 0.2) is 46.3 Å². The Morgan fingerprint density at radius 3 is 2.55 bits per heavy atom. The summed E-state index contributed by atoms with van der Waals surface area (Å²) in [6.07, 6.45) is 2.55. The molecular formula is C20H20N4O5. The molecule has 0 saturated carbocycles. The molecule has 9 heteroatoms. The summed E-state index contributed by atoms with van der Waals surface area (Å²) in [4.78, 5) is 28.4. The number of ether oxygens (including phenoxy) is 2. The zero-order chi connectivity index (χ0) is 21.0. The summed E-state index contributed by atoms with van der Waals surface area (Å²) in [6, 6.07) is 9.70. The van der Waals surface area contributed by atoms with Gasteiger partial charge in [-0.05, 0) is 24.6 Å². The van der Waals surface area contributed by atoms with Crippen LogP contribution in [0.3, 0.4) is 0 Å². The number of aryl methyl sites for hydroxylation is 1. The minimum atomic E-state index is -0.544. The zero-order valence-electron chi connectivity index (χ0n) is 16.3. The highest BCUT2D eigenvalue weighted by molar-refractivity contribution is 5.87. The Bertz CT molecular complexity index is 1150. The maximum Gasteiger partial charge on any atom is 0.282 e. The Hall–Kier alpha value is -3.75. The van der Waals surface area contributed by atoms with Crippen LogP contribution in [0, 0.1) is 10.1 Å². The lowest BCUT2D eigenvalue weighted by Crippen LogP contribution is -2.22. The van der Waals surface area contributed by atoms with Crippen molar-refractivity contribution in [1.82, 2.24) is 9.66 Å². The molecule has 3 aromatic rings. The standard InChI is InChI=1S/C20H20N4O5/c1-4-7-19-22-15-9-6-5-8-14(15)20(25)23(19)21-12-13-10-17(28-2)18(29-3)11-16(13)24(26)27/h5-6,8-12H,4,7H2,1-3H3/b21-12+. The second-order valence-corrected chi connectivity index (χ2v) is 6.18. The number of aromatic nitrogens is 2. The van der Waals surface area contributed by atoms with Gasteiger partial charge in [-0.25, -0.2) is 4.98 Å². The molecule has 0 atom stereocenters. The van der Waals surface area contributed by atoms with E-state index in [0.29, 0.717) is 28.9 Å². The third kappa shape index (κ3) is 3.93. The van der Waals surface area contributed by atoms with E-state index >= 15 is 0 Å². The first kappa shape index (κ1) is 20.0. The highest BCUT2D eigenvalue weighted by Crippen LogP contribution is 2.33. The van der Waals surface area contributed by atoms with Gasteiger partial charge < -0.3 is 9.47 Å². The van der Waals surface area contributed by atoms with Crippen molar-refractivity contribution in [3.05, 3.63) is 68.3 Å². The molecule has 150 valence electrons. The number of para-hydroxylation sites is 1. The molecule has 9 nitrogen and oxygen atoms in total. The number of nitro groups is 1. The molecular weight excluding hydrogens is 376 g/mol. The molecule has 0 radical (unpaired) electrons. The molecule has 0 fully saturated rings. The summed E-state index contributed by atoms with van der Waals surface area (Å²) in [5.41, 5.74) is 0.211. The number of nitro benzene ring substituents is 1. The number of methoxy groups -OCH3 is 2. The van der Waals surface area contributed by atoms with Crippen LogP contribution in [-0.4, -0.2) is 35.0 Å². The van der Waals surface area contributed by atoms with Crippen molar-refractivity contribution in [2.75, 3.05) is 14.2 Å². The molecule has 0 aliphatic rings. The van der Waals surface area contributed by atoms with Crippen molar-refractivity contribution in [3.8, 4) is 11.5 Å². The third-order valence-electron chi connectivity index (χ3n) is 4.34. The second kappa shape index (κ2) is 8.51. The molecule has 0 aliphatic carbocycles. The summed E-state index contributed by atoms with van der Waals surface area (Å²) >= 11 is 0. The van der Waals surface area contributed by atoms with E-state index in [4.69, 9.17) is 9.47 Å². The first-order chi connectivity index (χ1) is 14.0. The molecule has 3 rings (SSSR count).